The van der Waals surface area contributed by atoms with Crippen LogP contribution < -0.4 is 5.32 Å². The minimum atomic E-state index is 0. The van der Waals surface area contributed by atoms with Gasteiger partial charge in [-0.1, -0.05) is 19.9 Å². The zero-order chi connectivity index (χ0) is 12.0. The molecule has 1 aliphatic heterocycles. The summed E-state index contributed by atoms with van der Waals surface area (Å²) in [5, 5.41) is 13.4. The van der Waals surface area contributed by atoms with Crippen LogP contribution in [0.3, 0.4) is 0 Å². The predicted octanol–water partition coefficient (Wildman–Crippen LogP) is 3.17. The number of aromatic hydroxyl groups is 1. The lowest BCUT2D eigenvalue weighted by atomic mass is 9.61. The van der Waals surface area contributed by atoms with Crippen LogP contribution in [-0.4, -0.2) is 17.7 Å². The molecule has 1 aliphatic carbocycles. The highest BCUT2D eigenvalue weighted by molar-refractivity contribution is 8.93. The molecule has 0 radical (unpaired) electrons. The third-order valence-electron chi connectivity index (χ3n) is 4.74. The summed E-state index contributed by atoms with van der Waals surface area (Å²) >= 11 is 0. The highest BCUT2D eigenvalue weighted by Gasteiger charge is 2.43. The summed E-state index contributed by atoms with van der Waals surface area (Å²) in [6, 6.07) is 6.51. The summed E-state index contributed by atoms with van der Waals surface area (Å²) < 4.78 is 0. The van der Waals surface area contributed by atoms with E-state index in [1.54, 1.807) is 0 Å². The Balaban J connectivity index is 0.00000120. The maximum Gasteiger partial charge on any atom is 0.115 e. The molecule has 2 aliphatic rings. The first-order valence-electron chi connectivity index (χ1n) is 6.65. The van der Waals surface area contributed by atoms with Crippen LogP contribution in [0, 0.1) is 5.92 Å². The third kappa shape index (κ3) is 2.08. The van der Waals surface area contributed by atoms with Gasteiger partial charge in [0, 0.05) is 6.04 Å². The van der Waals surface area contributed by atoms with E-state index >= 15 is 0 Å². The van der Waals surface area contributed by atoms with E-state index in [1.165, 1.54) is 24.0 Å². The van der Waals surface area contributed by atoms with Crippen LogP contribution in [0.5, 0.6) is 5.75 Å². The predicted molar refractivity (Wildman–Crippen MR) is 79.7 cm³/mol. The smallest absolute Gasteiger partial charge is 0.115 e. The Labute approximate surface area is 120 Å². The SMILES string of the molecule is Br.CC1(C)c2cc(O)ccc2C[C@@H]2NCCC[C@H]21. The molecule has 1 fully saturated rings. The normalized spacial score (nSPS) is 28.8. The van der Waals surface area contributed by atoms with Crippen molar-refractivity contribution >= 4 is 17.0 Å². The number of rotatable bonds is 0. The minimum Gasteiger partial charge on any atom is -0.508 e. The molecular weight excluding hydrogens is 290 g/mol. The van der Waals surface area contributed by atoms with Crippen LogP contribution in [0.1, 0.15) is 37.8 Å². The number of phenolic OH excluding ortho intramolecular Hbond substituents is 1. The Hall–Kier alpha value is -0.540. The van der Waals surface area contributed by atoms with Crippen molar-refractivity contribution in [3.8, 4) is 5.75 Å². The van der Waals surface area contributed by atoms with E-state index in [4.69, 9.17) is 0 Å². The number of fused-ring (bicyclic) bond motifs is 2. The van der Waals surface area contributed by atoms with E-state index in [0.717, 1.165) is 13.0 Å². The number of nitrogens with one attached hydrogen (secondary N) is 1. The summed E-state index contributed by atoms with van der Waals surface area (Å²) in [5.41, 5.74) is 2.93. The van der Waals surface area contributed by atoms with E-state index in [-0.39, 0.29) is 22.4 Å². The van der Waals surface area contributed by atoms with Gasteiger partial charge in [0.15, 0.2) is 0 Å². The molecule has 0 aromatic heterocycles. The molecule has 1 aromatic rings. The summed E-state index contributed by atoms with van der Waals surface area (Å²) in [4.78, 5) is 0. The largest absolute Gasteiger partial charge is 0.508 e. The zero-order valence-corrected chi connectivity index (χ0v) is 12.8. The number of hydrogen-bond donors (Lipinski definition) is 2. The molecule has 2 atom stereocenters. The molecule has 0 unspecified atom stereocenters. The van der Waals surface area contributed by atoms with Gasteiger partial charge in [0.25, 0.3) is 0 Å². The fourth-order valence-corrected chi connectivity index (χ4v) is 3.81. The zero-order valence-electron chi connectivity index (χ0n) is 11.1. The Morgan fingerprint density at radius 2 is 2.11 bits per heavy atom. The molecule has 3 rings (SSSR count). The van der Waals surface area contributed by atoms with Crippen LogP contribution in [-0.2, 0) is 11.8 Å². The number of piperidine rings is 1. The third-order valence-corrected chi connectivity index (χ3v) is 4.74. The molecule has 100 valence electrons. The van der Waals surface area contributed by atoms with E-state index in [0.29, 0.717) is 17.7 Å². The van der Waals surface area contributed by atoms with Crippen molar-refractivity contribution in [3.05, 3.63) is 29.3 Å². The molecule has 1 saturated heterocycles. The lowest BCUT2D eigenvalue weighted by molar-refractivity contribution is 0.168. The maximum atomic E-state index is 9.70. The monoisotopic (exact) mass is 311 g/mol. The average molecular weight is 312 g/mol. The fraction of sp³-hybridized carbons (Fsp3) is 0.600. The van der Waals surface area contributed by atoms with Gasteiger partial charge in [-0.15, -0.1) is 17.0 Å². The second kappa shape index (κ2) is 4.86. The van der Waals surface area contributed by atoms with Crippen LogP contribution in [0.15, 0.2) is 18.2 Å². The summed E-state index contributed by atoms with van der Waals surface area (Å²) in [5.74, 6) is 1.10. The fourth-order valence-electron chi connectivity index (χ4n) is 3.81. The maximum absolute atomic E-state index is 9.70. The van der Waals surface area contributed by atoms with Crippen LogP contribution in [0.2, 0.25) is 0 Å². The van der Waals surface area contributed by atoms with Crippen LogP contribution in [0.4, 0.5) is 0 Å². The number of phenols is 1. The molecule has 1 aromatic carbocycles. The van der Waals surface area contributed by atoms with Gasteiger partial charge in [-0.3, -0.25) is 0 Å². The van der Waals surface area contributed by atoms with E-state index in [9.17, 15) is 5.11 Å². The van der Waals surface area contributed by atoms with Crippen molar-refractivity contribution in [2.45, 2.75) is 44.6 Å². The lowest BCUT2D eigenvalue weighted by Gasteiger charge is -2.48. The summed E-state index contributed by atoms with van der Waals surface area (Å²) in [7, 11) is 0. The van der Waals surface area contributed by atoms with Crippen molar-refractivity contribution in [1.29, 1.82) is 0 Å². The molecule has 2 N–H and O–H groups in total. The lowest BCUT2D eigenvalue weighted by Crippen LogP contribution is -2.53. The molecule has 1 heterocycles. The Bertz CT molecular complexity index is 444. The molecule has 0 bridgehead atoms. The van der Waals surface area contributed by atoms with Crippen molar-refractivity contribution in [1.82, 2.24) is 5.32 Å². The number of halogens is 1. The molecule has 18 heavy (non-hydrogen) atoms. The first-order valence-corrected chi connectivity index (χ1v) is 6.65. The van der Waals surface area contributed by atoms with E-state index in [1.807, 2.05) is 12.1 Å². The molecule has 0 spiro atoms. The van der Waals surface area contributed by atoms with Gasteiger partial charge in [0.05, 0.1) is 0 Å². The van der Waals surface area contributed by atoms with Crippen molar-refractivity contribution in [2.75, 3.05) is 6.54 Å². The molecule has 2 nitrogen and oxygen atoms in total. The van der Waals surface area contributed by atoms with E-state index < -0.39 is 0 Å². The Kier molecular flexibility index (Phi) is 3.75. The topological polar surface area (TPSA) is 32.3 Å². The van der Waals surface area contributed by atoms with Crippen molar-refractivity contribution in [2.24, 2.45) is 5.92 Å². The minimum absolute atomic E-state index is 0. The molecular formula is C15H22BrNO. The van der Waals surface area contributed by atoms with Crippen molar-refractivity contribution < 1.29 is 5.11 Å². The van der Waals surface area contributed by atoms with Gasteiger partial charge in [0.2, 0.25) is 0 Å². The van der Waals surface area contributed by atoms with Gasteiger partial charge in [-0.2, -0.15) is 0 Å². The highest BCUT2D eigenvalue weighted by Crippen LogP contribution is 2.45. The van der Waals surface area contributed by atoms with E-state index in [2.05, 4.69) is 25.2 Å². The van der Waals surface area contributed by atoms with Gasteiger partial charge in [0.1, 0.15) is 5.75 Å². The summed E-state index contributed by atoms with van der Waals surface area (Å²) in [6.45, 7) is 5.81. The second-order valence-electron chi connectivity index (χ2n) is 6.08. The highest BCUT2D eigenvalue weighted by atomic mass is 79.9. The van der Waals surface area contributed by atoms with Crippen LogP contribution in [0.25, 0.3) is 0 Å². The first kappa shape index (κ1) is 13.9. The standard InChI is InChI=1S/C15H21NO.BrH/c1-15(2)12-4-3-7-16-14(12)8-10-5-6-11(17)9-13(10)15;/h5-6,9,12,14,16-17H,3-4,7-8H2,1-2H3;1H/t12-,14+;/m1./s1. The van der Waals surface area contributed by atoms with Crippen molar-refractivity contribution in [3.63, 3.8) is 0 Å². The van der Waals surface area contributed by atoms with Gasteiger partial charge in [-0.25, -0.2) is 0 Å². The Morgan fingerprint density at radius 3 is 2.89 bits per heavy atom. The number of hydrogen-bond acceptors (Lipinski definition) is 2. The second-order valence-corrected chi connectivity index (χ2v) is 6.08. The first-order chi connectivity index (χ1) is 8.09. The van der Waals surface area contributed by atoms with Gasteiger partial charge in [-0.05, 0) is 60.4 Å². The molecule has 0 amide bonds. The molecule has 3 heteroatoms. The van der Waals surface area contributed by atoms with Gasteiger partial charge < -0.3 is 10.4 Å². The summed E-state index contributed by atoms with van der Waals surface area (Å²) in [6.07, 6.45) is 3.70. The van der Waals surface area contributed by atoms with Gasteiger partial charge >= 0.3 is 0 Å². The van der Waals surface area contributed by atoms with Crippen LogP contribution >= 0.6 is 17.0 Å². The average Bonchev–Trinajstić information content (AvgIpc) is 2.31. The number of benzene rings is 1. The molecule has 0 saturated carbocycles. The Morgan fingerprint density at radius 1 is 1.33 bits per heavy atom. The quantitative estimate of drug-likeness (QED) is 0.771.